The Morgan fingerprint density at radius 3 is 2.59 bits per heavy atom. The van der Waals surface area contributed by atoms with Gasteiger partial charge in [0.15, 0.2) is 0 Å². The van der Waals surface area contributed by atoms with Crippen LogP contribution in [-0.2, 0) is 4.79 Å². The number of likely N-dealkylation sites (N-methyl/N-ethyl adjacent to an activating group) is 1. The van der Waals surface area contributed by atoms with Crippen molar-refractivity contribution in [3.8, 4) is 0 Å². The molecule has 0 fully saturated rings. The number of carboxylic acids is 1. The molecule has 0 aliphatic rings. The van der Waals surface area contributed by atoms with Gasteiger partial charge < -0.3 is 15.7 Å². The molecule has 6 heteroatoms. The van der Waals surface area contributed by atoms with E-state index in [1.807, 2.05) is 0 Å². The van der Waals surface area contributed by atoms with E-state index in [2.05, 4.69) is 10.6 Å². The fourth-order valence-electron chi connectivity index (χ4n) is 1.18. The first-order valence-electron chi connectivity index (χ1n) is 4.96. The Bertz CT molecular complexity index is 448. The van der Waals surface area contributed by atoms with Gasteiger partial charge in [-0.3, -0.25) is 4.79 Å². The molecule has 0 bridgehead atoms. The highest BCUT2D eigenvalue weighted by Crippen LogP contribution is 2.17. The molecule has 0 heterocycles. The molecular weight excluding hydrogens is 227 g/mol. The lowest BCUT2D eigenvalue weighted by atomic mass is 10.1. The Morgan fingerprint density at radius 1 is 1.41 bits per heavy atom. The minimum Gasteiger partial charge on any atom is -0.478 e. The van der Waals surface area contributed by atoms with Gasteiger partial charge in [0.25, 0.3) is 0 Å². The van der Waals surface area contributed by atoms with Gasteiger partial charge in [-0.15, -0.1) is 0 Å². The molecule has 0 spiro atoms. The summed E-state index contributed by atoms with van der Waals surface area (Å²) in [6.45, 7) is 1.61. The van der Waals surface area contributed by atoms with Crippen molar-refractivity contribution in [2.45, 2.75) is 13.0 Å². The highest BCUT2D eigenvalue weighted by atomic mass is 19.1. The second-order valence-electron chi connectivity index (χ2n) is 3.49. The average molecular weight is 240 g/mol. The van der Waals surface area contributed by atoms with Gasteiger partial charge in [-0.2, -0.15) is 0 Å². The van der Waals surface area contributed by atoms with Crippen molar-refractivity contribution < 1.29 is 19.1 Å². The predicted molar refractivity (Wildman–Crippen MR) is 60.5 cm³/mol. The van der Waals surface area contributed by atoms with Crippen LogP contribution in [0.25, 0.3) is 0 Å². The Kier molecular flexibility index (Phi) is 4.17. The third-order valence-electron chi connectivity index (χ3n) is 2.30. The molecule has 0 aliphatic carbocycles. The van der Waals surface area contributed by atoms with Gasteiger partial charge in [-0.1, -0.05) is 0 Å². The summed E-state index contributed by atoms with van der Waals surface area (Å²) in [6.07, 6.45) is 0. The first kappa shape index (κ1) is 13.1. The van der Waals surface area contributed by atoms with Crippen LogP contribution < -0.4 is 10.6 Å². The number of nitrogens with one attached hydrogen (secondary N) is 2. The molecule has 5 nitrogen and oxygen atoms in total. The second-order valence-corrected chi connectivity index (χ2v) is 3.49. The maximum atomic E-state index is 13.0. The zero-order valence-electron chi connectivity index (χ0n) is 9.45. The van der Waals surface area contributed by atoms with Crippen molar-refractivity contribution in [1.82, 2.24) is 5.32 Å². The second kappa shape index (κ2) is 5.40. The van der Waals surface area contributed by atoms with Crippen LogP contribution in [0.5, 0.6) is 0 Å². The first-order valence-corrected chi connectivity index (χ1v) is 4.96. The van der Waals surface area contributed by atoms with Crippen molar-refractivity contribution in [2.24, 2.45) is 0 Å². The van der Waals surface area contributed by atoms with E-state index >= 15 is 0 Å². The van der Waals surface area contributed by atoms with Crippen LogP contribution in [0.4, 0.5) is 10.1 Å². The standard InChI is InChI=1S/C11H13FN2O3/c1-6(13-2)10(15)14-9-5-7(12)3-4-8(9)11(16)17/h3-6,13H,1-2H3,(H,14,15)(H,16,17). The normalized spacial score (nSPS) is 11.9. The van der Waals surface area contributed by atoms with Gasteiger partial charge in [0.2, 0.25) is 5.91 Å². The van der Waals surface area contributed by atoms with Crippen LogP contribution >= 0.6 is 0 Å². The van der Waals surface area contributed by atoms with Crippen LogP contribution in [0.15, 0.2) is 18.2 Å². The largest absolute Gasteiger partial charge is 0.478 e. The van der Waals surface area contributed by atoms with E-state index in [-0.39, 0.29) is 11.3 Å². The van der Waals surface area contributed by atoms with E-state index < -0.39 is 23.7 Å². The van der Waals surface area contributed by atoms with E-state index in [0.717, 1.165) is 18.2 Å². The topological polar surface area (TPSA) is 78.4 Å². The summed E-state index contributed by atoms with van der Waals surface area (Å²) in [5.74, 6) is -2.26. The highest BCUT2D eigenvalue weighted by molar-refractivity contribution is 6.01. The number of carbonyl (C=O) groups excluding carboxylic acids is 1. The number of aromatic carboxylic acids is 1. The molecule has 3 N–H and O–H groups in total. The molecule has 1 aromatic carbocycles. The fraction of sp³-hybridized carbons (Fsp3) is 0.273. The lowest BCUT2D eigenvalue weighted by Gasteiger charge is -2.12. The Balaban J connectivity index is 3.00. The highest BCUT2D eigenvalue weighted by Gasteiger charge is 2.16. The van der Waals surface area contributed by atoms with Gasteiger partial charge in [0.1, 0.15) is 5.82 Å². The molecule has 0 saturated heterocycles. The summed E-state index contributed by atoms with van der Waals surface area (Å²) < 4.78 is 13.0. The van der Waals surface area contributed by atoms with Crippen molar-refractivity contribution in [3.63, 3.8) is 0 Å². The molecule has 1 amide bonds. The molecule has 1 rings (SSSR count). The van der Waals surface area contributed by atoms with E-state index in [0.29, 0.717) is 0 Å². The van der Waals surface area contributed by atoms with E-state index in [4.69, 9.17) is 5.11 Å². The van der Waals surface area contributed by atoms with Gasteiger partial charge in [0.05, 0.1) is 17.3 Å². The third-order valence-corrected chi connectivity index (χ3v) is 2.30. The van der Waals surface area contributed by atoms with Gasteiger partial charge in [-0.25, -0.2) is 9.18 Å². The Morgan fingerprint density at radius 2 is 2.06 bits per heavy atom. The quantitative estimate of drug-likeness (QED) is 0.735. The monoisotopic (exact) mass is 240 g/mol. The Hall–Kier alpha value is -1.95. The lowest BCUT2D eigenvalue weighted by Crippen LogP contribution is -2.35. The summed E-state index contributed by atoms with van der Waals surface area (Å²) in [7, 11) is 1.59. The van der Waals surface area contributed by atoms with E-state index in [9.17, 15) is 14.0 Å². The molecule has 92 valence electrons. The number of carbonyl (C=O) groups is 2. The predicted octanol–water partition coefficient (Wildman–Crippen LogP) is 1.07. The van der Waals surface area contributed by atoms with Crippen molar-refractivity contribution in [3.05, 3.63) is 29.6 Å². The molecular formula is C11H13FN2O3. The molecule has 1 unspecified atom stereocenters. The van der Waals surface area contributed by atoms with Crippen molar-refractivity contribution in [1.29, 1.82) is 0 Å². The number of benzene rings is 1. The molecule has 0 aliphatic heterocycles. The number of amides is 1. The summed E-state index contributed by atoms with van der Waals surface area (Å²) in [4.78, 5) is 22.4. The number of hydrogen-bond acceptors (Lipinski definition) is 3. The number of carboxylic acid groups (broad SMARTS) is 1. The van der Waals surface area contributed by atoms with Crippen LogP contribution in [0.3, 0.4) is 0 Å². The summed E-state index contributed by atoms with van der Waals surface area (Å²) >= 11 is 0. The number of hydrogen-bond donors (Lipinski definition) is 3. The first-order chi connectivity index (χ1) is 7.95. The SMILES string of the molecule is CNC(C)C(=O)Nc1cc(F)ccc1C(=O)O. The number of halogens is 1. The van der Waals surface area contributed by atoms with E-state index in [1.165, 1.54) is 0 Å². The summed E-state index contributed by atoms with van der Waals surface area (Å²) in [5, 5.41) is 13.9. The zero-order chi connectivity index (χ0) is 13.0. The molecule has 0 aromatic heterocycles. The molecule has 0 radical (unpaired) electrons. The van der Waals surface area contributed by atoms with Gasteiger partial charge >= 0.3 is 5.97 Å². The number of anilines is 1. The number of rotatable bonds is 4. The minimum absolute atomic E-state index is 0.0513. The zero-order valence-corrected chi connectivity index (χ0v) is 9.45. The maximum Gasteiger partial charge on any atom is 0.337 e. The molecule has 17 heavy (non-hydrogen) atoms. The van der Waals surface area contributed by atoms with Gasteiger partial charge in [-0.05, 0) is 32.2 Å². The maximum absolute atomic E-state index is 13.0. The summed E-state index contributed by atoms with van der Waals surface area (Å²) in [6, 6.07) is 2.61. The smallest absolute Gasteiger partial charge is 0.337 e. The van der Waals surface area contributed by atoms with Crippen molar-refractivity contribution in [2.75, 3.05) is 12.4 Å². The molecule has 0 saturated carbocycles. The summed E-state index contributed by atoms with van der Waals surface area (Å²) in [5.41, 5.74) is -0.201. The molecule has 1 aromatic rings. The third kappa shape index (κ3) is 3.25. The van der Waals surface area contributed by atoms with Gasteiger partial charge in [0, 0.05) is 0 Å². The van der Waals surface area contributed by atoms with Crippen LogP contribution in [0.1, 0.15) is 17.3 Å². The van der Waals surface area contributed by atoms with Crippen LogP contribution in [0.2, 0.25) is 0 Å². The minimum atomic E-state index is -1.22. The van der Waals surface area contributed by atoms with E-state index in [1.54, 1.807) is 14.0 Å². The fourth-order valence-corrected chi connectivity index (χ4v) is 1.18. The van der Waals surface area contributed by atoms with Crippen molar-refractivity contribution >= 4 is 17.6 Å². The average Bonchev–Trinajstić information content (AvgIpc) is 2.27. The van der Waals surface area contributed by atoms with Crippen LogP contribution in [0, 0.1) is 5.82 Å². The Labute approximate surface area is 97.6 Å². The van der Waals surface area contributed by atoms with Crippen LogP contribution in [-0.4, -0.2) is 30.1 Å². The lowest BCUT2D eigenvalue weighted by molar-refractivity contribution is -0.117. The molecule has 1 atom stereocenters.